The maximum Gasteiger partial charge on any atom is 0.241 e. The van der Waals surface area contributed by atoms with E-state index in [2.05, 4.69) is 15.3 Å². The zero-order valence-corrected chi connectivity index (χ0v) is 18.6. The standard InChI is InChI=1S/C26H22ClN5O/c27-19-7-5-6-18(14-19)15-30-25(33)17-32-16-22(26(31-32)24-10-3-4-12-28-24)20-11-13-29-23-9-2-1-8-21(20)23/h1-6,8-14,16,19H,7,15,17H2,(H,30,33). The van der Waals surface area contributed by atoms with E-state index in [4.69, 9.17) is 16.7 Å². The Hall–Kier alpha value is -3.77. The summed E-state index contributed by atoms with van der Waals surface area (Å²) in [6.45, 7) is 0.541. The average Bonchev–Trinajstić information content (AvgIpc) is 3.26. The van der Waals surface area contributed by atoms with Crippen LogP contribution in [0, 0.1) is 0 Å². The van der Waals surface area contributed by atoms with Gasteiger partial charge in [-0.3, -0.25) is 19.4 Å². The molecule has 0 saturated carbocycles. The lowest BCUT2D eigenvalue weighted by Gasteiger charge is -2.11. The molecule has 1 unspecified atom stereocenters. The predicted octanol–water partition coefficient (Wildman–Crippen LogP) is 4.77. The Labute approximate surface area is 196 Å². The van der Waals surface area contributed by atoms with E-state index in [1.807, 2.05) is 73.0 Å². The van der Waals surface area contributed by atoms with E-state index in [1.54, 1.807) is 17.1 Å². The number of hydrogen-bond acceptors (Lipinski definition) is 4. The number of rotatable bonds is 6. The smallest absolute Gasteiger partial charge is 0.241 e. The quantitative estimate of drug-likeness (QED) is 0.425. The van der Waals surface area contributed by atoms with E-state index in [1.165, 1.54) is 0 Å². The molecule has 3 aromatic heterocycles. The van der Waals surface area contributed by atoms with Crippen molar-refractivity contribution in [3.8, 4) is 22.5 Å². The monoisotopic (exact) mass is 455 g/mol. The molecule has 1 atom stereocenters. The summed E-state index contributed by atoms with van der Waals surface area (Å²) in [7, 11) is 0. The molecule has 1 aliphatic rings. The number of allylic oxidation sites excluding steroid dienone is 2. The van der Waals surface area contributed by atoms with Gasteiger partial charge in [-0.1, -0.05) is 42.5 Å². The van der Waals surface area contributed by atoms with Gasteiger partial charge in [0.2, 0.25) is 5.91 Å². The van der Waals surface area contributed by atoms with Gasteiger partial charge in [0.25, 0.3) is 0 Å². The third-order valence-electron chi connectivity index (χ3n) is 5.49. The van der Waals surface area contributed by atoms with Crippen LogP contribution in [0.25, 0.3) is 33.4 Å². The summed E-state index contributed by atoms with van der Waals surface area (Å²) in [6.07, 6.45) is 12.2. The van der Waals surface area contributed by atoms with Gasteiger partial charge in [-0.05, 0) is 41.8 Å². The number of benzene rings is 1. The number of carbonyl (C=O) groups excluding carboxylic acids is 1. The number of pyridine rings is 2. The summed E-state index contributed by atoms with van der Waals surface area (Å²) >= 11 is 6.17. The Bertz CT molecular complexity index is 1350. The summed E-state index contributed by atoms with van der Waals surface area (Å²) in [6, 6.07) is 15.7. The minimum atomic E-state index is -0.123. The molecule has 33 heavy (non-hydrogen) atoms. The molecule has 1 aromatic carbocycles. The lowest BCUT2D eigenvalue weighted by Crippen LogP contribution is -2.29. The molecule has 0 bridgehead atoms. The maximum absolute atomic E-state index is 12.7. The van der Waals surface area contributed by atoms with Crippen LogP contribution in [-0.2, 0) is 11.3 Å². The van der Waals surface area contributed by atoms with Crippen LogP contribution in [0.15, 0.2) is 90.9 Å². The van der Waals surface area contributed by atoms with Gasteiger partial charge < -0.3 is 5.32 Å². The van der Waals surface area contributed by atoms with Crippen LogP contribution in [0.5, 0.6) is 0 Å². The maximum atomic E-state index is 12.7. The van der Waals surface area contributed by atoms with E-state index < -0.39 is 0 Å². The van der Waals surface area contributed by atoms with Crippen molar-refractivity contribution in [3.05, 3.63) is 90.9 Å². The molecule has 3 heterocycles. The van der Waals surface area contributed by atoms with Crippen molar-refractivity contribution in [2.24, 2.45) is 0 Å². The highest BCUT2D eigenvalue weighted by Crippen LogP contribution is 2.34. The average molecular weight is 456 g/mol. The van der Waals surface area contributed by atoms with Gasteiger partial charge in [0.1, 0.15) is 12.2 Å². The first-order chi connectivity index (χ1) is 16.2. The predicted molar refractivity (Wildman–Crippen MR) is 131 cm³/mol. The number of carbonyl (C=O) groups is 1. The van der Waals surface area contributed by atoms with E-state index in [-0.39, 0.29) is 17.8 Å². The molecule has 0 saturated heterocycles. The van der Waals surface area contributed by atoms with Crippen LogP contribution in [0.3, 0.4) is 0 Å². The SMILES string of the molecule is O=C(Cn1cc(-c2ccnc3ccccc23)c(-c2ccccn2)n1)NCC1=CC(Cl)CC=C1. The van der Waals surface area contributed by atoms with Crippen molar-refractivity contribution >= 4 is 28.4 Å². The van der Waals surface area contributed by atoms with E-state index in [9.17, 15) is 4.79 Å². The van der Waals surface area contributed by atoms with E-state index in [0.717, 1.165) is 45.4 Å². The molecule has 1 N–H and O–H groups in total. The van der Waals surface area contributed by atoms with Gasteiger partial charge in [-0.2, -0.15) is 5.10 Å². The summed E-state index contributed by atoms with van der Waals surface area (Å²) in [5.41, 5.74) is 5.29. The van der Waals surface area contributed by atoms with Crippen LogP contribution in [0.2, 0.25) is 0 Å². The van der Waals surface area contributed by atoms with E-state index >= 15 is 0 Å². The first-order valence-corrected chi connectivity index (χ1v) is 11.2. The Morgan fingerprint density at radius 2 is 1.94 bits per heavy atom. The molecule has 1 amide bonds. The topological polar surface area (TPSA) is 72.7 Å². The Morgan fingerprint density at radius 3 is 2.79 bits per heavy atom. The molecule has 5 rings (SSSR count). The fourth-order valence-electron chi connectivity index (χ4n) is 3.95. The van der Waals surface area contributed by atoms with E-state index in [0.29, 0.717) is 6.54 Å². The molecule has 7 heteroatoms. The molecule has 1 aliphatic carbocycles. The number of fused-ring (bicyclic) bond motifs is 1. The van der Waals surface area contributed by atoms with Crippen LogP contribution in [0.1, 0.15) is 6.42 Å². The van der Waals surface area contributed by atoms with Crippen LogP contribution in [-0.4, -0.2) is 37.6 Å². The number of para-hydroxylation sites is 1. The molecule has 164 valence electrons. The summed E-state index contributed by atoms with van der Waals surface area (Å²) in [5.74, 6) is -0.123. The molecular weight excluding hydrogens is 434 g/mol. The van der Waals surface area contributed by atoms with Crippen molar-refractivity contribution in [2.75, 3.05) is 6.54 Å². The molecule has 6 nitrogen and oxygen atoms in total. The van der Waals surface area contributed by atoms with Gasteiger partial charge in [0, 0.05) is 36.1 Å². The van der Waals surface area contributed by atoms with Crippen LogP contribution >= 0.6 is 11.6 Å². The highest BCUT2D eigenvalue weighted by Gasteiger charge is 2.18. The molecule has 0 radical (unpaired) electrons. The number of halogens is 1. The van der Waals surface area contributed by atoms with Gasteiger partial charge in [0.05, 0.1) is 16.6 Å². The highest BCUT2D eigenvalue weighted by atomic mass is 35.5. The molecular formula is C26H22ClN5O. The number of hydrogen-bond donors (Lipinski definition) is 1. The van der Waals surface area contributed by atoms with Crippen LogP contribution < -0.4 is 5.32 Å². The molecule has 0 spiro atoms. The lowest BCUT2D eigenvalue weighted by atomic mass is 10.0. The lowest BCUT2D eigenvalue weighted by molar-refractivity contribution is -0.121. The second-order valence-corrected chi connectivity index (χ2v) is 8.41. The largest absolute Gasteiger partial charge is 0.350 e. The Kier molecular flexibility index (Phi) is 6.00. The van der Waals surface area contributed by atoms with Gasteiger partial charge in [0.15, 0.2) is 0 Å². The first kappa shape index (κ1) is 21.1. The van der Waals surface area contributed by atoms with Gasteiger partial charge in [-0.25, -0.2) is 0 Å². The van der Waals surface area contributed by atoms with Crippen LogP contribution in [0.4, 0.5) is 0 Å². The fourth-order valence-corrected chi connectivity index (χ4v) is 4.21. The molecule has 4 aromatic rings. The minimum absolute atomic E-state index is 0.0216. The van der Waals surface area contributed by atoms with Gasteiger partial charge >= 0.3 is 0 Å². The summed E-state index contributed by atoms with van der Waals surface area (Å²) in [4.78, 5) is 21.6. The highest BCUT2D eigenvalue weighted by molar-refractivity contribution is 6.22. The number of amides is 1. The third-order valence-corrected chi connectivity index (χ3v) is 5.80. The number of aromatic nitrogens is 4. The number of nitrogens with zero attached hydrogens (tertiary/aromatic N) is 4. The zero-order chi connectivity index (χ0) is 22.6. The van der Waals surface area contributed by atoms with Gasteiger partial charge in [-0.15, -0.1) is 11.6 Å². The fraction of sp³-hybridized carbons (Fsp3) is 0.154. The second-order valence-electron chi connectivity index (χ2n) is 7.85. The molecule has 0 fully saturated rings. The van der Waals surface area contributed by atoms with Crippen molar-refractivity contribution in [1.82, 2.24) is 25.1 Å². The van der Waals surface area contributed by atoms with Crippen molar-refractivity contribution in [1.29, 1.82) is 0 Å². The zero-order valence-electron chi connectivity index (χ0n) is 17.9. The second kappa shape index (κ2) is 9.38. The first-order valence-electron chi connectivity index (χ1n) is 10.8. The van der Waals surface area contributed by atoms with Crippen molar-refractivity contribution in [2.45, 2.75) is 18.3 Å². The summed E-state index contributed by atoms with van der Waals surface area (Å²) < 4.78 is 1.67. The Morgan fingerprint density at radius 1 is 1.06 bits per heavy atom. The third kappa shape index (κ3) is 4.71. The van der Waals surface area contributed by atoms with Crippen molar-refractivity contribution < 1.29 is 4.79 Å². The normalized spacial score (nSPS) is 15.4. The minimum Gasteiger partial charge on any atom is -0.350 e. The number of nitrogens with one attached hydrogen (secondary N) is 1. The molecule has 0 aliphatic heterocycles. The Balaban J connectivity index is 1.45. The van der Waals surface area contributed by atoms with Crippen molar-refractivity contribution in [3.63, 3.8) is 0 Å². The summed E-state index contributed by atoms with van der Waals surface area (Å²) in [5, 5.41) is 8.69. The number of alkyl halides is 1.